The van der Waals surface area contributed by atoms with Gasteiger partial charge in [-0.2, -0.15) is 10.5 Å². The van der Waals surface area contributed by atoms with Gasteiger partial charge in [0.25, 0.3) is 0 Å². The zero-order valence-corrected chi connectivity index (χ0v) is 13.0. The number of nitrogens with zero attached hydrogens (tertiary/aromatic N) is 3. The highest BCUT2D eigenvalue weighted by molar-refractivity contribution is 9.10. The first-order chi connectivity index (χ1) is 10.1. The molecular formula is C15H7BrN4S. The molecule has 0 amide bonds. The second kappa shape index (κ2) is 5.17. The van der Waals surface area contributed by atoms with Crippen molar-refractivity contribution in [3.05, 3.63) is 56.8 Å². The predicted octanol–water partition coefficient (Wildman–Crippen LogP) is 4.19. The minimum Gasteiger partial charge on any atom is -0.330 e. The highest BCUT2D eigenvalue weighted by Gasteiger charge is 2.09. The molecule has 0 aliphatic rings. The number of aromatic nitrogens is 2. The first kappa shape index (κ1) is 13.6. The van der Waals surface area contributed by atoms with Gasteiger partial charge in [-0.3, -0.25) is 4.57 Å². The fourth-order valence-electron chi connectivity index (χ4n) is 2.19. The first-order valence-electron chi connectivity index (χ1n) is 5.99. The summed E-state index contributed by atoms with van der Waals surface area (Å²) in [5.41, 5.74) is 3.25. The summed E-state index contributed by atoms with van der Waals surface area (Å²) in [5.74, 6) is 0. The van der Waals surface area contributed by atoms with Crippen LogP contribution in [0.15, 0.2) is 40.9 Å². The van der Waals surface area contributed by atoms with Gasteiger partial charge in [0.05, 0.1) is 22.2 Å². The minimum atomic E-state index is 0.334. The van der Waals surface area contributed by atoms with Crippen molar-refractivity contribution in [3.63, 3.8) is 0 Å². The lowest BCUT2D eigenvalue weighted by Gasteiger charge is -2.06. The standard InChI is InChI=1S/C15H7BrN4S/c16-11-2-4-13-14(6-11)20(15(21)19-13)12-3-1-9(7-17)10(5-12)8-18/h1-6H,(H,19,21). The van der Waals surface area contributed by atoms with Crippen molar-refractivity contribution >= 4 is 39.2 Å². The molecule has 1 N–H and O–H groups in total. The Morgan fingerprint density at radius 1 is 1.05 bits per heavy atom. The Morgan fingerprint density at radius 2 is 1.81 bits per heavy atom. The lowest BCUT2D eigenvalue weighted by molar-refractivity contribution is 1.06. The van der Waals surface area contributed by atoms with Crippen molar-refractivity contribution in [2.24, 2.45) is 0 Å². The zero-order valence-electron chi connectivity index (χ0n) is 10.6. The van der Waals surface area contributed by atoms with E-state index in [-0.39, 0.29) is 0 Å². The molecule has 0 atom stereocenters. The normalized spacial score (nSPS) is 10.2. The fraction of sp³-hybridized carbons (Fsp3) is 0. The number of benzene rings is 2. The number of nitrogens with one attached hydrogen (secondary N) is 1. The molecule has 3 rings (SSSR count). The number of halogens is 1. The largest absolute Gasteiger partial charge is 0.330 e. The van der Waals surface area contributed by atoms with E-state index in [0.29, 0.717) is 15.9 Å². The van der Waals surface area contributed by atoms with Crippen LogP contribution in [0.4, 0.5) is 0 Å². The fourth-order valence-corrected chi connectivity index (χ4v) is 2.86. The molecule has 0 saturated carbocycles. The van der Waals surface area contributed by atoms with Crippen molar-refractivity contribution < 1.29 is 0 Å². The number of rotatable bonds is 1. The second-order valence-corrected chi connectivity index (χ2v) is 5.68. The molecule has 0 spiro atoms. The molecule has 0 fully saturated rings. The van der Waals surface area contributed by atoms with E-state index in [1.165, 1.54) is 0 Å². The minimum absolute atomic E-state index is 0.334. The van der Waals surface area contributed by atoms with Crippen molar-refractivity contribution in [2.75, 3.05) is 0 Å². The van der Waals surface area contributed by atoms with E-state index in [1.807, 2.05) is 34.9 Å². The molecule has 21 heavy (non-hydrogen) atoms. The van der Waals surface area contributed by atoms with Crippen molar-refractivity contribution in [2.45, 2.75) is 0 Å². The zero-order chi connectivity index (χ0) is 15.0. The topological polar surface area (TPSA) is 68.3 Å². The third-order valence-electron chi connectivity index (χ3n) is 3.15. The lowest BCUT2D eigenvalue weighted by Crippen LogP contribution is -1.96. The Morgan fingerprint density at radius 3 is 2.52 bits per heavy atom. The number of nitriles is 2. The highest BCUT2D eigenvalue weighted by Crippen LogP contribution is 2.24. The van der Waals surface area contributed by atoms with Crippen LogP contribution in [0.3, 0.4) is 0 Å². The van der Waals surface area contributed by atoms with Gasteiger partial charge in [0.1, 0.15) is 12.1 Å². The van der Waals surface area contributed by atoms with E-state index >= 15 is 0 Å². The molecule has 0 bridgehead atoms. The SMILES string of the molecule is N#Cc1ccc(-n2c(=S)[nH]c3ccc(Br)cc32)cc1C#N. The number of aromatic amines is 1. The number of imidazole rings is 1. The van der Waals surface area contributed by atoms with Crippen LogP contribution < -0.4 is 0 Å². The van der Waals surface area contributed by atoms with Crippen molar-refractivity contribution in [1.82, 2.24) is 9.55 Å². The van der Waals surface area contributed by atoms with Crippen LogP contribution in [0.25, 0.3) is 16.7 Å². The molecule has 0 unspecified atom stereocenters. The molecule has 2 aromatic carbocycles. The van der Waals surface area contributed by atoms with E-state index in [0.717, 1.165) is 21.2 Å². The van der Waals surface area contributed by atoms with Gasteiger partial charge >= 0.3 is 0 Å². The van der Waals surface area contributed by atoms with Crippen LogP contribution in [0.5, 0.6) is 0 Å². The predicted molar refractivity (Wildman–Crippen MR) is 85.6 cm³/mol. The number of H-pyrrole nitrogens is 1. The molecule has 100 valence electrons. The molecule has 0 aliphatic carbocycles. The Balaban J connectivity index is 2.34. The van der Waals surface area contributed by atoms with Crippen LogP contribution >= 0.6 is 28.1 Å². The molecule has 1 heterocycles. The van der Waals surface area contributed by atoms with E-state index < -0.39 is 0 Å². The summed E-state index contributed by atoms with van der Waals surface area (Å²) >= 11 is 8.81. The monoisotopic (exact) mass is 354 g/mol. The van der Waals surface area contributed by atoms with Gasteiger partial charge in [0.2, 0.25) is 0 Å². The van der Waals surface area contributed by atoms with E-state index in [9.17, 15) is 0 Å². The summed E-state index contributed by atoms with van der Waals surface area (Å²) in [5, 5.41) is 18.1. The molecular weight excluding hydrogens is 348 g/mol. The quantitative estimate of drug-likeness (QED) is 0.666. The summed E-state index contributed by atoms with van der Waals surface area (Å²) in [7, 11) is 0. The Bertz CT molecular complexity index is 1000. The maximum Gasteiger partial charge on any atom is 0.182 e. The number of hydrogen-bond donors (Lipinski definition) is 1. The van der Waals surface area contributed by atoms with E-state index in [4.69, 9.17) is 22.7 Å². The van der Waals surface area contributed by atoms with Gasteiger partial charge in [-0.15, -0.1) is 0 Å². The van der Waals surface area contributed by atoms with Crippen LogP contribution in [-0.2, 0) is 0 Å². The second-order valence-electron chi connectivity index (χ2n) is 4.38. The molecule has 1 aromatic heterocycles. The Labute approximate surface area is 134 Å². The molecule has 6 heteroatoms. The van der Waals surface area contributed by atoms with Crippen molar-refractivity contribution in [1.29, 1.82) is 10.5 Å². The van der Waals surface area contributed by atoms with Gasteiger partial charge < -0.3 is 4.98 Å². The van der Waals surface area contributed by atoms with E-state index in [1.54, 1.807) is 18.2 Å². The van der Waals surface area contributed by atoms with Crippen LogP contribution in [0, 0.1) is 27.4 Å². The Kier molecular flexibility index (Phi) is 3.34. The smallest absolute Gasteiger partial charge is 0.182 e. The van der Waals surface area contributed by atoms with Gasteiger partial charge in [-0.1, -0.05) is 15.9 Å². The molecule has 3 aromatic rings. The summed E-state index contributed by atoms with van der Waals surface area (Å²) < 4.78 is 3.32. The molecule has 0 radical (unpaired) electrons. The lowest BCUT2D eigenvalue weighted by atomic mass is 10.1. The third-order valence-corrected chi connectivity index (χ3v) is 3.93. The molecule has 4 nitrogen and oxygen atoms in total. The van der Waals surface area contributed by atoms with Crippen LogP contribution in [-0.4, -0.2) is 9.55 Å². The Hall–Kier alpha value is -2.41. The maximum atomic E-state index is 9.15. The van der Waals surface area contributed by atoms with Gasteiger partial charge in [-0.25, -0.2) is 0 Å². The van der Waals surface area contributed by atoms with Crippen molar-refractivity contribution in [3.8, 4) is 17.8 Å². The van der Waals surface area contributed by atoms with Crippen LogP contribution in [0.2, 0.25) is 0 Å². The van der Waals surface area contributed by atoms with Crippen LogP contribution in [0.1, 0.15) is 11.1 Å². The molecule has 0 aliphatic heterocycles. The number of hydrogen-bond acceptors (Lipinski definition) is 3. The van der Waals surface area contributed by atoms with E-state index in [2.05, 4.69) is 20.9 Å². The third kappa shape index (κ3) is 2.25. The van der Waals surface area contributed by atoms with Gasteiger partial charge in [0.15, 0.2) is 4.77 Å². The summed E-state index contributed by atoms with van der Waals surface area (Å²) in [4.78, 5) is 3.13. The van der Waals surface area contributed by atoms with Gasteiger partial charge in [0, 0.05) is 10.2 Å². The average Bonchev–Trinajstić information content (AvgIpc) is 2.81. The summed E-state index contributed by atoms with van der Waals surface area (Å²) in [6.07, 6.45) is 0. The average molecular weight is 355 g/mol. The van der Waals surface area contributed by atoms with Gasteiger partial charge in [-0.05, 0) is 48.6 Å². The highest BCUT2D eigenvalue weighted by atomic mass is 79.9. The summed E-state index contributed by atoms with van der Waals surface area (Å²) in [6.45, 7) is 0. The summed E-state index contributed by atoms with van der Waals surface area (Å²) in [6, 6.07) is 14.9. The molecule has 0 saturated heterocycles. The number of fused-ring (bicyclic) bond motifs is 1. The first-order valence-corrected chi connectivity index (χ1v) is 7.19. The maximum absolute atomic E-state index is 9.15.